The Bertz CT molecular complexity index is 877. The molecule has 2 N–H and O–H groups in total. The van der Waals surface area contributed by atoms with E-state index in [2.05, 4.69) is 27.1 Å². The summed E-state index contributed by atoms with van der Waals surface area (Å²) in [6.45, 7) is 4.92. The summed E-state index contributed by atoms with van der Waals surface area (Å²) < 4.78 is 0. The fraction of sp³-hybridized carbons (Fsp3) is 0.524. The molecular weight excluding hydrogens is 340 g/mol. The van der Waals surface area contributed by atoms with Gasteiger partial charge in [-0.15, -0.1) is 0 Å². The highest BCUT2D eigenvalue weighted by atomic mass is 16.2. The first-order valence-electron chi connectivity index (χ1n) is 9.91. The van der Waals surface area contributed by atoms with Crippen molar-refractivity contribution in [3.05, 3.63) is 46.2 Å². The molecule has 1 aromatic heterocycles. The Hall–Kier alpha value is -2.18. The number of nitrogens with zero attached hydrogens (tertiary/aromatic N) is 2. The van der Waals surface area contributed by atoms with Gasteiger partial charge in [0, 0.05) is 55.2 Å². The number of nitrogens with one attached hydrogen (secondary N) is 2. The largest absolute Gasteiger partial charge is 0.350 e. The summed E-state index contributed by atoms with van der Waals surface area (Å²) in [6, 6.07) is 8.87. The summed E-state index contributed by atoms with van der Waals surface area (Å²) in [5.74, 6) is -0.155. The van der Waals surface area contributed by atoms with Gasteiger partial charge in [0.1, 0.15) is 0 Å². The van der Waals surface area contributed by atoms with Crippen molar-refractivity contribution in [1.29, 1.82) is 0 Å². The van der Waals surface area contributed by atoms with E-state index in [1.54, 1.807) is 0 Å². The molecule has 27 heavy (non-hydrogen) atoms. The number of para-hydroxylation sites is 1. The van der Waals surface area contributed by atoms with Crippen molar-refractivity contribution in [2.75, 3.05) is 39.8 Å². The Morgan fingerprint density at radius 3 is 2.59 bits per heavy atom. The minimum Gasteiger partial charge on any atom is -0.350 e. The van der Waals surface area contributed by atoms with E-state index in [1.807, 2.05) is 24.3 Å². The average molecular weight is 368 g/mol. The minimum atomic E-state index is -0.242. The standard InChI is InChI=1S/C21H28N4O2/c1-24-10-12-25(13-11-24)21(8-4-5-9-21)15-22-20(27)17-14-19(26)23-18-7-3-2-6-16(17)18/h2-3,6-7,14H,4-5,8-13,15H2,1H3,(H,22,27)(H,23,26). The molecule has 1 amide bonds. The number of H-pyrrole nitrogens is 1. The van der Waals surface area contributed by atoms with Crippen LogP contribution in [0.4, 0.5) is 0 Å². The molecule has 6 nitrogen and oxygen atoms in total. The number of carbonyl (C=O) groups is 1. The Morgan fingerprint density at radius 1 is 1.15 bits per heavy atom. The molecule has 1 saturated carbocycles. The Morgan fingerprint density at radius 2 is 1.85 bits per heavy atom. The first-order valence-corrected chi connectivity index (χ1v) is 9.91. The van der Waals surface area contributed by atoms with Crippen molar-refractivity contribution in [2.45, 2.75) is 31.2 Å². The first-order chi connectivity index (χ1) is 13.1. The predicted octanol–water partition coefficient (Wildman–Crippen LogP) is 1.82. The smallest absolute Gasteiger partial charge is 0.252 e. The van der Waals surface area contributed by atoms with Gasteiger partial charge in [-0.3, -0.25) is 14.5 Å². The van der Waals surface area contributed by atoms with Crippen molar-refractivity contribution in [3.63, 3.8) is 0 Å². The molecule has 0 spiro atoms. The summed E-state index contributed by atoms with van der Waals surface area (Å²) >= 11 is 0. The third-order valence-electron chi connectivity index (χ3n) is 6.28. The molecule has 2 fully saturated rings. The molecule has 0 bridgehead atoms. The van der Waals surface area contributed by atoms with Gasteiger partial charge in [-0.05, 0) is 26.0 Å². The normalized spacial score (nSPS) is 20.8. The van der Waals surface area contributed by atoms with Gasteiger partial charge in [0.15, 0.2) is 0 Å². The van der Waals surface area contributed by atoms with Gasteiger partial charge in [0.25, 0.3) is 5.91 Å². The van der Waals surface area contributed by atoms with E-state index in [0.29, 0.717) is 17.6 Å². The second-order valence-electron chi connectivity index (χ2n) is 8.00. The molecular formula is C21H28N4O2. The van der Waals surface area contributed by atoms with Crippen molar-refractivity contribution in [2.24, 2.45) is 0 Å². The lowest BCUT2D eigenvalue weighted by molar-refractivity contribution is 0.0415. The Balaban J connectivity index is 1.53. The van der Waals surface area contributed by atoms with Gasteiger partial charge in [-0.2, -0.15) is 0 Å². The fourth-order valence-electron chi connectivity index (χ4n) is 4.65. The highest BCUT2D eigenvalue weighted by molar-refractivity contribution is 6.05. The summed E-state index contributed by atoms with van der Waals surface area (Å²) in [5.41, 5.74) is 0.979. The van der Waals surface area contributed by atoms with E-state index in [1.165, 1.54) is 18.9 Å². The lowest BCUT2D eigenvalue weighted by atomic mass is 9.93. The third kappa shape index (κ3) is 3.64. The molecule has 4 rings (SSSR count). The van der Waals surface area contributed by atoms with Crippen molar-refractivity contribution < 1.29 is 4.79 Å². The quantitative estimate of drug-likeness (QED) is 0.864. The van der Waals surface area contributed by atoms with E-state index in [9.17, 15) is 9.59 Å². The number of aromatic amines is 1. The number of likely N-dealkylation sites (N-methyl/N-ethyl adjacent to an activating group) is 1. The number of pyridine rings is 1. The second kappa shape index (κ2) is 7.44. The topological polar surface area (TPSA) is 68.4 Å². The molecule has 2 aliphatic rings. The van der Waals surface area contributed by atoms with Gasteiger partial charge in [0.2, 0.25) is 5.56 Å². The van der Waals surface area contributed by atoms with Gasteiger partial charge in [-0.1, -0.05) is 31.0 Å². The molecule has 1 aliphatic carbocycles. The highest BCUT2D eigenvalue weighted by Gasteiger charge is 2.40. The number of fused-ring (bicyclic) bond motifs is 1. The number of hydrogen-bond acceptors (Lipinski definition) is 4. The summed E-state index contributed by atoms with van der Waals surface area (Å²) in [6.07, 6.45) is 4.70. The van der Waals surface area contributed by atoms with Gasteiger partial charge in [-0.25, -0.2) is 0 Å². The lowest BCUT2D eigenvalue weighted by Gasteiger charge is -2.45. The fourth-order valence-corrected chi connectivity index (χ4v) is 4.65. The minimum absolute atomic E-state index is 0.0634. The lowest BCUT2D eigenvalue weighted by Crippen LogP contribution is -2.59. The molecule has 0 unspecified atom stereocenters. The zero-order chi connectivity index (χ0) is 18.9. The monoisotopic (exact) mass is 368 g/mol. The van der Waals surface area contributed by atoms with Crippen LogP contribution >= 0.6 is 0 Å². The van der Waals surface area contributed by atoms with Crippen LogP contribution in [0.3, 0.4) is 0 Å². The molecule has 0 atom stereocenters. The highest BCUT2D eigenvalue weighted by Crippen LogP contribution is 2.35. The third-order valence-corrected chi connectivity index (χ3v) is 6.28. The molecule has 0 radical (unpaired) electrons. The number of rotatable bonds is 4. The van der Waals surface area contributed by atoms with Gasteiger partial charge < -0.3 is 15.2 Å². The number of carbonyl (C=O) groups excluding carboxylic acids is 1. The number of piperazine rings is 1. The average Bonchev–Trinajstić information content (AvgIpc) is 3.16. The SMILES string of the molecule is CN1CCN(C2(CNC(=O)c3cc(=O)[nH]c4ccccc34)CCCC2)CC1. The van der Waals surface area contributed by atoms with E-state index >= 15 is 0 Å². The number of amides is 1. The maximum atomic E-state index is 13.0. The second-order valence-corrected chi connectivity index (χ2v) is 8.00. The van der Waals surface area contributed by atoms with E-state index < -0.39 is 0 Å². The van der Waals surface area contributed by atoms with E-state index in [0.717, 1.165) is 44.4 Å². The number of benzene rings is 1. The maximum absolute atomic E-state index is 13.0. The van der Waals surface area contributed by atoms with E-state index in [4.69, 9.17) is 0 Å². The van der Waals surface area contributed by atoms with Gasteiger partial charge >= 0.3 is 0 Å². The van der Waals surface area contributed by atoms with Crippen LogP contribution in [0.25, 0.3) is 10.9 Å². The van der Waals surface area contributed by atoms with Crippen LogP contribution in [0, 0.1) is 0 Å². The zero-order valence-corrected chi connectivity index (χ0v) is 16.0. The molecule has 1 aromatic carbocycles. The Kier molecular flexibility index (Phi) is 5.02. The van der Waals surface area contributed by atoms with Crippen molar-refractivity contribution in [1.82, 2.24) is 20.1 Å². The van der Waals surface area contributed by atoms with Crippen LogP contribution in [0.5, 0.6) is 0 Å². The zero-order valence-electron chi connectivity index (χ0n) is 16.0. The van der Waals surface area contributed by atoms with Crippen LogP contribution in [0.15, 0.2) is 35.1 Å². The molecule has 1 saturated heterocycles. The number of hydrogen-bond donors (Lipinski definition) is 2. The van der Waals surface area contributed by atoms with Crippen LogP contribution in [-0.4, -0.2) is 66.0 Å². The molecule has 2 aromatic rings. The van der Waals surface area contributed by atoms with Crippen LogP contribution in [0.1, 0.15) is 36.0 Å². The van der Waals surface area contributed by atoms with Crippen molar-refractivity contribution in [3.8, 4) is 0 Å². The number of aromatic nitrogens is 1. The molecule has 144 valence electrons. The van der Waals surface area contributed by atoms with Crippen LogP contribution < -0.4 is 10.9 Å². The van der Waals surface area contributed by atoms with Gasteiger partial charge in [0.05, 0.1) is 5.56 Å². The maximum Gasteiger partial charge on any atom is 0.252 e. The summed E-state index contributed by atoms with van der Waals surface area (Å²) in [7, 11) is 2.17. The molecule has 1 aliphatic heterocycles. The summed E-state index contributed by atoms with van der Waals surface area (Å²) in [4.78, 5) is 32.7. The van der Waals surface area contributed by atoms with Crippen LogP contribution in [-0.2, 0) is 0 Å². The predicted molar refractivity (Wildman–Crippen MR) is 107 cm³/mol. The first kappa shape index (κ1) is 18.2. The Labute approximate surface area is 159 Å². The van der Waals surface area contributed by atoms with Crippen molar-refractivity contribution >= 4 is 16.8 Å². The van der Waals surface area contributed by atoms with Crippen LogP contribution in [0.2, 0.25) is 0 Å². The molecule has 6 heteroatoms. The summed E-state index contributed by atoms with van der Waals surface area (Å²) in [5, 5.41) is 3.95. The molecule has 2 heterocycles. The van der Waals surface area contributed by atoms with E-state index in [-0.39, 0.29) is 17.0 Å².